The van der Waals surface area contributed by atoms with E-state index in [0.29, 0.717) is 24.9 Å². The lowest BCUT2D eigenvalue weighted by Crippen LogP contribution is -2.44. The second-order valence-electron chi connectivity index (χ2n) is 7.83. The van der Waals surface area contributed by atoms with Crippen LogP contribution in [0.1, 0.15) is 47.0 Å². The summed E-state index contributed by atoms with van der Waals surface area (Å²) in [4.78, 5) is 39.6. The van der Waals surface area contributed by atoms with Gasteiger partial charge in [0.2, 0.25) is 15.9 Å². The summed E-state index contributed by atoms with van der Waals surface area (Å²) in [5.41, 5.74) is 0. The van der Waals surface area contributed by atoms with Crippen molar-refractivity contribution >= 4 is 27.9 Å². The summed E-state index contributed by atoms with van der Waals surface area (Å²) in [6.07, 6.45) is 1.56. The standard InChI is InChI=1S/C17H32N4O5S/c1-12(2)5-8-20(9-6-13(3)4)15(22)11-21-16(23)14(19-17(21)24)7-10-27(18,25)26/h12-14H,5-11H2,1-4H3,(H,19,24)(H2,18,25,26)/t14-/m1/s1. The lowest BCUT2D eigenvalue weighted by atomic mass is 10.1. The van der Waals surface area contributed by atoms with Gasteiger partial charge in [-0.05, 0) is 31.1 Å². The van der Waals surface area contributed by atoms with Crippen molar-refractivity contribution in [2.45, 2.75) is 53.0 Å². The summed E-state index contributed by atoms with van der Waals surface area (Å²) in [5, 5.41) is 7.36. The van der Waals surface area contributed by atoms with Gasteiger partial charge in [-0.25, -0.2) is 18.4 Å². The van der Waals surface area contributed by atoms with E-state index < -0.39 is 33.8 Å². The summed E-state index contributed by atoms with van der Waals surface area (Å²) in [7, 11) is -3.73. The Morgan fingerprint density at radius 1 is 1.15 bits per heavy atom. The van der Waals surface area contributed by atoms with E-state index >= 15 is 0 Å². The van der Waals surface area contributed by atoms with Crippen LogP contribution >= 0.6 is 0 Å². The first kappa shape index (κ1) is 23.4. The zero-order valence-corrected chi connectivity index (χ0v) is 17.4. The molecular formula is C17H32N4O5S. The Kier molecular flexibility index (Phi) is 8.67. The largest absolute Gasteiger partial charge is 0.341 e. The minimum Gasteiger partial charge on any atom is -0.341 e. The Morgan fingerprint density at radius 3 is 2.11 bits per heavy atom. The number of amides is 4. The molecule has 1 atom stereocenters. The van der Waals surface area contributed by atoms with Crippen LogP contribution in [-0.4, -0.2) is 67.5 Å². The van der Waals surface area contributed by atoms with Gasteiger partial charge < -0.3 is 10.2 Å². The van der Waals surface area contributed by atoms with E-state index in [1.165, 1.54) is 0 Å². The van der Waals surface area contributed by atoms with Gasteiger partial charge in [-0.3, -0.25) is 14.5 Å². The van der Waals surface area contributed by atoms with Crippen LogP contribution in [0.25, 0.3) is 0 Å². The third-order valence-corrected chi connectivity index (χ3v) is 5.20. The Hall–Kier alpha value is -1.68. The highest BCUT2D eigenvalue weighted by Crippen LogP contribution is 2.12. The molecule has 0 spiro atoms. The highest BCUT2D eigenvalue weighted by Gasteiger charge is 2.39. The van der Waals surface area contributed by atoms with Gasteiger partial charge in [0, 0.05) is 13.1 Å². The zero-order chi connectivity index (χ0) is 20.8. The predicted molar refractivity (Wildman–Crippen MR) is 102 cm³/mol. The second kappa shape index (κ2) is 10.0. The van der Waals surface area contributed by atoms with Crippen molar-refractivity contribution in [1.82, 2.24) is 15.1 Å². The number of carbonyl (C=O) groups excluding carboxylic acids is 3. The molecule has 0 aromatic rings. The van der Waals surface area contributed by atoms with E-state index in [1.807, 2.05) is 0 Å². The van der Waals surface area contributed by atoms with Crippen molar-refractivity contribution in [3.8, 4) is 0 Å². The Labute approximate surface area is 161 Å². The van der Waals surface area contributed by atoms with Crippen molar-refractivity contribution in [2.75, 3.05) is 25.4 Å². The van der Waals surface area contributed by atoms with Gasteiger partial charge >= 0.3 is 6.03 Å². The van der Waals surface area contributed by atoms with Gasteiger partial charge in [0.05, 0.1) is 5.75 Å². The number of sulfonamides is 1. The third-order valence-electron chi connectivity index (χ3n) is 4.40. The molecule has 1 rings (SSSR count). The van der Waals surface area contributed by atoms with E-state index in [-0.39, 0.29) is 18.9 Å². The molecule has 1 heterocycles. The maximum atomic E-state index is 12.7. The Balaban J connectivity index is 2.72. The zero-order valence-electron chi connectivity index (χ0n) is 16.6. The lowest BCUT2D eigenvalue weighted by Gasteiger charge is -2.26. The van der Waals surface area contributed by atoms with Gasteiger partial charge in [-0.1, -0.05) is 27.7 Å². The number of hydrogen-bond acceptors (Lipinski definition) is 5. The lowest BCUT2D eigenvalue weighted by molar-refractivity contribution is -0.137. The molecule has 0 unspecified atom stereocenters. The number of nitrogens with two attached hydrogens (primary N) is 1. The fourth-order valence-electron chi connectivity index (χ4n) is 2.63. The SMILES string of the molecule is CC(C)CCN(CCC(C)C)C(=O)CN1C(=O)N[C@H](CCS(N)(=O)=O)C1=O. The molecule has 3 N–H and O–H groups in total. The van der Waals surface area contributed by atoms with Crippen LogP contribution in [0.15, 0.2) is 0 Å². The summed E-state index contributed by atoms with van der Waals surface area (Å²) in [6.45, 7) is 9.07. The fourth-order valence-corrected chi connectivity index (χ4v) is 3.19. The van der Waals surface area contributed by atoms with E-state index in [2.05, 4.69) is 33.0 Å². The fraction of sp³-hybridized carbons (Fsp3) is 0.824. The van der Waals surface area contributed by atoms with Gasteiger partial charge in [0.25, 0.3) is 5.91 Å². The van der Waals surface area contributed by atoms with Crippen LogP contribution in [0.5, 0.6) is 0 Å². The molecule has 4 amide bonds. The molecule has 1 saturated heterocycles. The summed E-state index contributed by atoms with van der Waals surface area (Å²) < 4.78 is 22.1. The molecule has 0 aliphatic carbocycles. The number of hydrogen-bond donors (Lipinski definition) is 2. The van der Waals surface area contributed by atoms with Crippen molar-refractivity contribution in [3.63, 3.8) is 0 Å². The molecule has 1 aliphatic rings. The minimum atomic E-state index is -3.73. The van der Waals surface area contributed by atoms with Crippen LogP contribution in [0.2, 0.25) is 0 Å². The number of rotatable bonds is 11. The quantitative estimate of drug-likeness (QED) is 0.485. The van der Waals surface area contributed by atoms with Gasteiger partial charge in [-0.15, -0.1) is 0 Å². The highest BCUT2D eigenvalue weighted by molar-refractivity contribution is 7.89. The normalized spacial score (nSPS) is 17.7. The van der Waals surface area contributed by atoms with Crippen LogP contribution in [0.3, 0.4) is 0 Å². The average molecular weight is 405 g/mol. The Bertz CT molecular complexity index is 636. The molecule has 0 bridgehead atoms. The molecule has 0 saturated carbocycles. The summed E-state index contributed by atoms with van der Waals surface area (Å²) in [5.74, 6) is -0.436. The molecule has 0 radical (unpaired) electrons. The van der Waals surface area contributed by atoms with Gasteiger partial charge in [0.1, 0.15) is 12.6 Å². The molecule has 0 aromatic carbocycles. The van der Waals surface area contributed by atoms with Crippen LogP contribution in [0.4, 0.5) is 4.79 Å². The van der Waals surface area contributed by atoms with Gasteiger partial charge in [0.15, 0.2) is 0 Å². The van der Waals surface area contributed by atoms with E-state index in [4.69, 9.17) is 5.14 Å². The number of urea groups is 1. The maximum Gasteiger partial charge on any atom is 0.325 e. The van der Waals surface area contributed by atoms with Crippen molar-refractivity contribution < 1.29 is 22.8 Å². The van der Waals surface area contributed by atoms with Gasteiger partial charge in [-0.2, -0.15) is 0 Å². The molecule has 27 heavy (non-hydrogen) atoms. The van der Waals surface area contributed by atoms with E-state index in [1.54, 1.807) is 4.90 Å². The molecule has 156 valence electrons. The minimum absolute atomic E-state index is 0.113. The molecular weight excluding hydrogens is 372 g/mol. The summed E-state index contributed by atoms with van der Waals surface area (Å²) >= 11 is 0. The van der Waals surface area contributed by atoms with E-state index in [9.17, 15) is 22.8 Å². The van der Waals surface area contributed by atoms with Crippen molar-refractivity contribution in [3.05, 3.63) is 0 Å². The topological polar surface area (TPSA) is 130 Å². The third kappa shape index (κ3) is 8.25. The van der Waals surface area contributed by atoms with Crippen LogP contribution < -0.4 is 10.5 Å². The number of imide groups is 1. The molecule has 1 fully saturated rings. The maximum absolute atomic E-state index is 12.7. The molecule has 10 heteroatoms. The highest BCUT2D eigenvalue weighted by atomic mass is 32.2. The molecule has 9 nitrogen and oxygen atoms in total. The average Bonchev–Trinajstić information content (AvgIpc) is 2.79. The number of nitrogens with zero attached hydrogens (tertiary/aromatic N) is 2. The monoisotopic (exact) mass is 404 g/mol. The second-order valence-corrected chi connectivity index (χ2v) is 9.56. The predicted octanol–water partition coefficient (Wildman–Crippen LogP) is 0.506. The van der Waals surface area contributed by atoms with Crippen LogP contribution in [-0.2, 0) is 19.6 Å². The van der Waals surface area contributed by atoms with Crippen molar-refractivity contribution in [2.24, 2.45) is 17.0 Å². The smallest absolute Gasteiger partial charge is 0.325 e. The summed E-state index contributed by atoms with van der Waals surface area (Å²) in [6, 6.07) is -1.65. The first-order chi connectivity index (χ1) is 12.4. The number of primary sulfonamides is 1. The van der Waals surface area contributed by atoms with Crippen molar-refractivity contribution in [1.29, 1.82) is 0 Å². The first-order valence-electron chi connectivity index (χ1n) is 9.30. The Morgan fingerprint density at radius 2 is 1.67 bits per heavy atom. The molecule has 0 aromatic heterocycles. The first-order valence-corrected chi connectivity index (χ1v) is 11.0. The number of nitrogens with one attached hydrogen (secondary N) is 1. The number of carbonyl (C=O) groups is 3. The van der Waals surface area contributed by atoms with Crippen LogP contribution in [0, 0.1) is 11.8 Å². The molecule has 1 aliphatic heterocycles. The van der Waals surface area contributed by atoms with E-state index in [0.717, 1.165) is 17.7 Å².